The van der Waals surface area contributed by atoms with Crippen molar-refractivity contribution in [1.29, 1.82) is 0 Å². The average Bonchev–Trinajstić information content (AvgIpc) is 2.53. The number of benzene rings is 1. The van der Waals surface area contributed by atoms with Gasteiger partial charge in [-0.15, -0.1) is 0 Å². The van der Waals surface area contributed by atoms with E-state index in [-0.39, 0.29) is 11.6 Å². The highest BCUT2D eigenvalue weighted by Crippen LogP contribution is 2.38. The molecule has 0 saturated carbocycles. The van der Waals surface area contributed by atoms with Gasteiger partial charge in [0.25, 0.3) is 0 Å². The number of nitrogens with zero attached hydrogens (tertiary/aromatic N) is 3. The van der Waals surface area contributed by atoms with Gasteiger partial charge in [0.2, 0.25) is 0 Å². The van der Waals surface area contributed by atoms with Gasteiger partial charge in [-0.1, -0.05) is 15.9 Å². The van der Waals surface area contributed by atoms with E-state index in [4.69, 9.17) is 5.11 Å². The van der Waals surface area contributed by atoms with E-state index >= 15 is 0 Å². The van der Waals surface area contributed by atoms with E-state index < -0.39 is 10.9 Å². The zero-order valence-electron chi connectivity index (χ0n) is 12.1. The van der Waals surface area contributed by atoms with Crippen molar-refractivity contribution in [2.24, 2.45) is 5.92 Å². The molecule has 8 heteroatoms. The van der Waals surface area contributed by atoms with Crippen LogP contribution >= 0.6 is 15.9 Å². The van der Waals surface area contributed by atoms with Gasteiger partial charge in [-0.05, 0) is 31.0 Å². The van der Waals surface area contributed by atoms with Crippen LogP contribution in [-0.2, 0) is 4.79 Å². The summed E-state index contributed by atoms with van der Waals surface area (Å²) >= 11 is 3.39. The van der Waals surface area contributed by atoms with Crippen LogP contribution in [0.15, 0.2) is 28.9 Å². The van der Waals surface area contributed by atoms with E-state index in [2.05, 4.69) is 20.9 Å². The lowest BCUT2D eigenvalue weighted by Crippen LogP contribution is -2.36. The first-order valence-electron chi connectivity index (χ1n) is 7.18. The number of carboxylic acid groups (broad SMARTS) is 1. The Morgan fingerprint density at radius 1 is 1.39 bits per heavy atom. The number of aliphatic carboxylic acids is 1. The summed E-state index contributed by atoms with van der Waals surface area (Å²) in [6.07, 6.45) is 2.23. The lowest BCUT2D eigenvalue weighted by Gasteiger charge is -2.32. The number of rotatable bonds is 3. The van der Waals surface area contributed by atoms with Crippen LogP contribution in [0.1, 0.15) is 12.8 Å². The first-order valence-corrected chi connectivity index (χ1v) is 7.97. The van der Waals surface area contributed by atoms with Gasteiger partial charge in [0.05, 0.1) is 16.4 Å². The van der Waals surface area contributed by atoms with Gasteiger partial charge in [-0.25, -0.2) is 4.98 Å². The van der Waals surface area contributed by atoms with Crippen LogP contribution in [0.3, 0.4) is 0 Å². The largest absolute Gasteiger partial charge is 0.481 e. The molecule has 7 nitrogen and oxygen atoms in total. The second-order valence-electron chi connectivity index (χ2n) is 5.51. The minimum atomic E-state index is -0.804. The van der Waals surface area contributed by atoms with Gasteiger partial charge in [0, 0.05) is 22.9 Å². The van der Waals surface area contributed by atoms with E-state index in [1.165, 1.54) is 6.20 Å². The standard InChI is InChI=1S/C15H14BrN3O4/c16-10-1-2-12-11(7-10)14(13(8-17-12)19(22)23)18-5-3-9(4-6-18)15(20)21/h1-2,7-9H,3-6H2,(H,20,21). The van der Waals surface area contributed by atoms with Crippen molar-refractivity contribution in [3.05, 3.63) is 39.0 Å². The molecule has 1 aliphatic heterocycles. The summed E-state index contributed by atoms with van der Waals surface area (Å²) < 4.78 is 0.814. The molecule has 0 bridgehead atoms. The monoisotopic (exact) mass is 379 g/mol. The Morgan fingerprint density at radius 3 is 2.70 bits per heavy atom. The zero-order chi connectivity index (χ0) is 16.6. The lowest BCUT2D eigenvalue weighted by molar-refractivity contribution is -0.384. The van der Waals surface area contributed by atoms with Crippen molar-refractivity contribution >= 4 is 44.2 Å². The molecule has 1 N–H and O–H groups in total. The number of carboxylic acids is 1. The van der Waals surface area contributed by atoms with Crippen LogP contribution in [0.25, 0.3) is 10.9 Å². The Kier molecular flexibility index (Phi) is 4.16. The third-order valence-corrected chi connectivity index (χ3v) is 4.63. The fourth-order valence-corrected chi connectivity index (χ4v) is 3.32. The third kappa shape index (κ3) is 2.98. The number of nitro groups is 1. The van der Waals surface area contributed by atoms with Gasteiger partial charge in [-0.2, -0.15) is 0 Å². The molecule has 0 aliphatic carbocycles. The van der Waals surface area contributed by atoms with Gasteiger partial charge in [-0.3, -0.25) is 14.9 Å². The smallest absolute Gasteiger partial charge is 0.311 e. The molecule has 1 aromatic carbocycles. The fourth-order valence-electron chi connectivity index (χ4n) is 2.96. The van der Waals surface area contributed by atoms with E-state index in [9.17, 15) is 14.9 Å². The molecule has 2 aromatic rings. The molecule has 0 unspecified atom stereocenters. The van der Waals surface area contributed by atoms with Crippen molar-refractivity contribution in [3.63, 3.8) is 0 Å². The number of anilines is 1. The summed E-state index contributed by atoms with van der Waals surface area (Å²) in [6, 6.07) is 5.45. The summed E-state index contributed by atoms with van der Waals surface area (Å²) in [6.45, 7) is 0.951. The van der Waals surface area contributed by atoms with E-state index in [1.54, 1.807) is 6.07 Å². The third-order valence-electron chi connectivity index (χ3n) is 4.14. The molecule has 1 aromatic heterocycles. The van der Waals surface area contributed by atoms with Gasteiger partial charge in [0.1, 0.15) is 11.9 Å². The number of halogens is 1. The highest BCUT2D eigenvalue weighted by molar-refractivity contribution is 9.10. The Balaban J connectivity index is 2.07. The van der Waals surface area contributed by atoms with E-state index in [0.717, 1.165) is 4.47 Å². The highest BCUT2D eigenvalue weighted by atomic mass is 79.9. The van der Waals surface area contributed by atoms with Crippen molar-refractivity contribution in [2.45, 2.75) is 12.8 Å². The lowest BCUT2D eigenvalue weighted by atomic mass is 9.96. The van der Waals surface area contributed by atoms with Crippen LogP contribution in [0.5, 0.6) is 0 Å². The molecule has 0 radical (unpaired) electrons. The van der Waals surface area contributed by atoms with Gasteiger partial charge < -0.3 is 10.0 Å². The van der Waals surface area contributed by atoms with Crippen molar-refractivity contribution < 1.29 is 14.8 Å². The maximum Gasteiger partial charge on any atom is 0.311 e. The van der Waals surface area contributed by atoms with Crippen LogP contribution in [0, 0.1) is 16.0 Å². The molecule has 1 saturated heterocycles. The summed E-state index contributed by atoms with van der Waals surface area (Å²) in [7, 11) is 0. The van der Waals surface area contributed by atoms with Gasteiger partial charge >= 0.3 is 11.7 Å². The summed E-state index contributed by atoms with van der Waals surface area (Å²) in [4.78, 5) is 28.1. The van der Waals surface area contributed by atoms with Crippen molar-refractivity contribution in [1.82, 2.24) is 4.98 Å². The van der Waals surface area contributed by atoms with Crippen molar-refractivity contribution in [2.75, 3.05) is 18.0 Å². The van der Waals surface area contributed by atoms with E-state index in [0.29, 0.717) is 42.5 Å². The first-order chi connectivity index (χ1) is 11.0. The second kappa shape index (κ2) is 6.11. The number of hydrogen-bond acceptors (Lipinski definition) is 5. The maximum absolute atomic E-state index is 11.4. The fraction of sp³-hybridized carbons (Fsp3) is 0.333. The molecule has 0 atom stereocenters. The Hall–Kier alpha value is -2.22. The minimum absolute atomic E-state index is 0.0515. The summed E-state index contributed by atoms with van der Waals surface area (Å²) in [5, 5.41) is 21.2. The number of hydrogen-bond donors (Lipinski definition) is 1. The van der Waals surface area contributed by atoms with Crippen LogP contribution in [-0.4, -0.2) is 34.1 Å². The van der Waals surface area contributed by atoms with Gasteiger partial charge in [0.15, 0.2) is 0 Å². The quantitative estimate of drug-likeness (QED) is 0.649. The van der Waals surface area contributed by atoms with Crippen molar-refractivity contribution in [3.8, 4) is 0 Å². The Morgan fingerprint density at radius 2 is 2.09 bits per heavy atom. The molecule has 0 spiro atoms. The van der Waals surface area contributed by atoms with E-state index in [1.807, 2.05) is 17.0 Å². The first kappa shape index (κ1) is 15.7. The average molecular weight is 380 g/mol. The molecule has 3 rings (SSSR count). The molecule has 120 valence electrons. The summed E-state index contributed by atoms with van der Waals surface area (Å²) in [5.41, 5.74) is 1.14. The number of carbonyl (C=O) groups is 1. The highest BCUT2D eigenvalue weighted by Gasteiger charge is 2.29. The number of fused-ring (bicyclic) bond motifs is 1. The van der Waals surface area contributed by atoms with Crippen LogP contribution in [0.2, 0.25) is 0 Å². The predicted molar refractivity (Wildman–Crippen MR) is 88.7 cm³/mol. The molecular formula is C15H14BrN3O4. The van der Waals surface area contributed by atoms with Crippen LogP contribution < -0.4 is 4.90 Å². The maximum atomic E-state index is 11.4. The number of aromatic nitrogens is 1. The Bertz CT molecular complexity index is 788. The number of piperidine rings is 1. The summed E-state index contributed by atoms with van der Waals surface area (Å²) in [5.74, 6) is -1.19. The molecular weight excluding hydrogens is 366 g/mol. The predicted octanol–water partition coefficient (Wildman–Crippen LogP) is 3.21. The number of pyridine rings is 1. The SMILES string of the molecule is O=C(O)C1CCN(c2c([N+](=O)[O-])cnc3ccc(Br)cc23)CC1. The molecule has 2 heterocycles. The molecule has 1 fully saturated rings. The Labute approximate surface area is 140 Å². The second-order valence-corrected chi connectivity index (χ2v) is 6.43. The molecule has 0 amide bonds. The molecule has 23 heavy (non-hydrogen) atoms. The zero-order valence-corrected chi connectivity index (χ0v) is 13.7. The normalized spacial score (nSPS) is 15.8. The molecule has 1 aliphatic rings. The van der Waals surface area contributed by atoms with Crippen LogP contribution in [0.4, 0.5) is 11.4 Å². The topological polar surface area (TPSA) is 96.6 Å². The minimum Gasteiger partial charge on any atom is -0.481 e.